The fourth-order valence-electron chi connectivity index (χ4n) is 6.46. The quantitative estimate of drug-likeness (QED) is 0.763. The third-order valence-corrected chi connectivity index (χ3v) is 7.72. The molecule has 0 radical (unpaired) electrons. The average Bonchev–Trinajstić information content (AvgIpc) is 3.18. The number of benzene rings is 1. The molecule has 3 fully saturated rings. The van der Waals surface area contributed by atoms with Gasteiger partial charge < -0.3 is 24.6 Å². The van der Waals surface area contributed by atoms with E-state index in [0.29, 0.717) is 29.9 Å². The Morgan fingerprint density at radius 2 is 2.14 bits per heavy atom. The molecule has 1 amide bonds. The van der Waals surface area contributed by atoms with Gasteiger partial charge >= 0.3 is 0 Å². The molecule has 0 unspecified atom stereocenters. The minimum absolute atomic E-state index is 0.0121. The molecule has 1 aromatic rings. The maximum Gasteiger partial charge on any atom is 0.217 e. The van der Waals surface area contributed by atoms with Crippen molar-refractivity contribution in [3.63, 3.8) is 0 Å². The summed E-state index contributed by atoms with van der Waals surface area (Å²) in [5, 5.41) is 12.3. The molecule has 1 saturated heterocycles. The molecule has 6 heteroatoms. The van der Waals surface area contributed by atoms with Gasteiger partial charge in [-0.15, -0.1) is 0 Å². The molecule has 2 N–H and O–H groups in total. The van der Waals surface area contributed by atoms with Crippen molar-refractivity contribution in [2.75, 3.05) is 26.9 Å². The Morgan fingerprint density at radius 1 is 1.34 bits per heavy atom. The van der Waals surface area contributed by atoms with E-state index in [0.717, 1.165) is 24.8 Å². The van der Waals surface area contributed by atoms with E-state index in [9.17, 15) is 4.79 Å². The number of nitrogens with one attached hydrogen (secondary N) is 1. The summed E-state index contributed by atoms with van der Waals surface area (Å²) in [7, 11) is 1.63. The van der Waals surface area contributed by atoms with Crippen molar-refractivity contribution < 1.29 is 24.1 Å². The molecule has 2 bridgehead atoms. The van der Waals surface area contributed by atoms with Crippen molar-refractivity contribution in [1.29, 1.82) is 0 Å². The lowest BCUT2D eigenvalue weighted by Crippen LogP contribution is -2.58. The lowest BCUT2D eigenvalue weighted by Gasteiger charge is -2.53. The fourth-order valence-corrected chi connectivity index (χ4v) is 6.46. The van der Waals surface area contributed by atoms with Crippen LogP contribution in [0.4, 0.5) is 0 Å². The summed E-state index contributed by atoms with van der Waals surface area (Å²) >= 11 is 0. The van der Waals surface area contributed by atoms with Gasteiger partial charge in [0.1, 0.15) is 6.61 Å². The zero-order valence-electron chi connectivity index (χ0n) is 17.9. The van der Waals surface area contributed by atoms with E-state index < -0.39 is 0 Å². The maximum atomic E-state index is 12.0. The largest absolute Gasteiger partial charge is 0.493 e. The number of methoxy groups -OCH3 is 1. The van der Waals surface area contributed by atoms with Gasteiger partial charge in [0, 0.05) is 19.6 Å². The van der Waals surface area contributed by atoms with Gasteiger partial charge in [-0.1, -0.05) is 19.9 Å². The third-order valence-electron chi connectivity index (χ3n) is 7.72. The van der Waals surface area contributed by atoms with E-state index in [-0.39, 0.29) is 42.1 Å². The predicted molar refractivity (Wildman–Crippen MR) is 109 cm³/mol. The third kappa shape index (κ3) is 3.21. The Balaban J connectivity index is 1.65. The Kier molecular flexibility index (Phi) is 5.28. The zero-order chi connectivity index (χ0) is 20.8. The van der Waals surface area contributed by atoms with E-state index in [1.807, 2.05) is 18.2 Å². The number of hydrogen-bond acceptors (Lipinski definition) is 5. The number of carbonyl (C=O) groups excluding carboxylic acids is 1. The molecule has 2 aliphatic carbocycles. The number of hydrogen-bond donors (Lipinski definition) is 2. The summed E-state index contributed by atoms with van der Waals surface area (Å²) in [6, 6.07) is 6.12. The second-order valence-corrected chi connectivity index (χ2v) is 9.46. The second kappa shape index (κ2) is 7.47. The van der Waals surface area contributed by atoms with Gasteiger partial charge in [0.15, 0.2) is 11.5 Å². The summed E-state index contributed by atoms with van der Waals surface area (Å²) in [5.74, 6) is 2.29. The average molecular weight is 404 g/mol. The molecule has 1 spiro atoms. The molecule has 3 aliphatic rings. The second-order valence-electron chi connectivity index (χ2n) is 9.46. The molecular formula is C23H33NO5. The SMILES string of the molecule is COc1cc([C@H]2OCC[C@@]34C[C@@H](C[C@H]23)C(C)(C)[C@@H]4NC(C)=O)ccc1OCCO. The number of fused-ring (bicyclic) bond motifs is 1. The van der Waals surface area contributed by atoms with E-state index >= 15 is 0 Å². The highest BCUT2D eigenvalue weighted by molar-refractivity contribution is 5.73. The van der Waals surface area contributed by atoms with Crippen LogP contribution in [0.25, 0.3) is 0 Å². The molecule has 1 aliphatic heterocycles. The van der Waals surface area contributed by atoms with Crippen molar-refractivity contribution in [2.45, 2.75) is 52.2 Å². The van der Waals surface area contributed by atoms with Gasteiger partial charge in [0.2, 0.25) is 5.91 Å². The van der Waals surface area contributed by atoms with E-state index in [4.69, 9.17) is 19.3 Å². The molecule has 29 heavy (non-hydrogen) atoms. The maximum absolute atomic E-state index is 12.0. The zero-order valence-corrected chi connectivity index (χ0v) is 17.9. The van der Waals surface area contributed by atoms with Crippen molar-refractivity contribution >= 4 is 5.91 Å². The molecule has 1 heterocycles. The minimum atomic E-state index is -0.0387. The first kappa shape index (κ1) is 20.5. The van der Waals surface area contributed by atoms with Gasteiger partial charge in [0.25, 0.3) is 0 Å². The number of aliphatic hydroxyl groups excluding tert-OH is 1. The molecule has 2 saturated carbocycles. The molecule has 5 atom stereocenters. The minimum Gasteiger partial charge on any atom is -0.493 e. The summed E-state index contributed by atoms with van der Waals surface area (Å²) < 4.78 is 17.4. The van der Waals surface area contributed by atoms with Gasteiger partial charge in [-0.25, -0.2) is 0 Å². The van der Waals surface area contributed by atoms with Crippen LogP contribution in [-0.2, 0) is 9.53 Å². The summed E-state index contributed by atoms with van der Waals surface area (Å²) in [6.07, 6.45) is 3.26. The first-order chi connectivity index (χ1) is 13.8. The van der Waals surface area contributed by atoms with E-state index in [1.165, 1.54) is 0 Å². The molecule has 0 aromatic heterocycles. The van der Waals surface area contributed by atoms with Crippen molar-refractivity contribution in [1.82, 2.24) is 5.32 Å². The Bertz CT molecular complexity index is 779. The molecule has 6 nitrogen and oxygen atoms in total. The summed E-state index contributed by atoms with van der Waals surface area (Å²) in [5.41, 5.74) is 1.28. The van der Waals surface area contributed by atoms with Gasteiger partial charge in [-0.05, 0) is 59.6 Å². The molecule has 1 aromatic carbocycles. The van der Waals surface area contributed by atoms with Crippen LogP contribution in [0.2, 0.25) is 0 Å². The van der Waals surface area contributed by atoms with Crippen LogP contribution in [0.5, 0.6) is 11.5 Å². The summed E-state index contributed by atoms with van der Waals surface area (Å²) in [6.45, 7) is 7.14. The number of carbonyl (C=O) groups is 1. The smallest absolute Gasteiger partial charge is 0.217 e. The van der Waals surface area contributed by atoms with Crippen LogP contribution in [0.15, 0.2) is 18.2 Å². The monoisotopic (exact) mass is 403 g/mol. The number of rotatable bonds is 6. The number of aliphatic hydroxyl groups is 1. The van der Waals surface area contributed by atoms with Crippen LogP contribution >= 0.6 is 0 Å². The normalized spacial score (nSPS) is 34.5. The number of ether oxygens (including phenoxy) is 3. The summed E-state index contributed by atoms with van der Waals surface area (Å²) in [4.78, 5) is 12.0. The first-order valence-corrected chi connectivity index (χ1v) is 10.6. The van der Waals surface area contributed by atoms with Crippen LogP contribution in [0.3, 0.4) is 0 Å². The van der Waals surface area contributed by atoms with Crippen LogP contribution in [0, 0.1) is 22.7 Å². The molecule has 160 valence electrons. The van der Waals surface area contributed by atoms with E-state index in [1.54, 1.807) is 14.0 Å². The highest BCUT2D eigenvalue weighted by Crippen LogP contribution is 2.70. The van der Waals surface area contributed by atoms with Gasteiger partial charge in [-0.3, -0.25) is 4.79 Å². The van der Waals surface area contributed by atoms with Crippen molar-refractivity contribution in [3.8, 4) is 11.5 Å². The standard InChI is InChI=1S/C23H33NO5/c1-14(26)24-21-22(2,3)16-12-17-20(29-9-7-23(17,21)13-16)15-5-6-18(28-10-8-25)19(11-15)27-4/h5-6,11,16-17,20-21,25H,7-10,12-13H2,1-4H3,(H,24,26)/t16-,17-,20-,21+,23-/m1/s1. The topological polar surface area (TPSA) is 77.0 Å². The van der Waals surface area contributed by atoms with Crippen LogP contribution in [0.1, 0.15) is 51.7 Å². The van der Waals surface area contributed by atoms with E-state index in [2.05, 4.69) is 19.2 Å². The van der Waals surface area contributed by atoms with Gasteiger partial charge in [-0.2, -0.15) is 0 Å². The fraction of sp³-hybridized carbons (Fsp3) is 0.696. The highest BCUT2D eigenvalue weighted by atomic mass is 16.5. The first-order valence-electron chi connectivity index (χ1n) is 10.6. The van der Waals surface area contributed by atoms with Crippen molar-refractivity contribution in [2.24, 2.45) is 22.7 Å². The molecule has 4 rings (SSSR count). The Hall–Kier alpha value is -1.79. The Morgan fingerprint density at radius 3 is 2.83 bits per heavy atom. The molecular weight excluding hydrogens is 370 g/mol. The lowest BCUT2D eigenvalue weighted by molar-refractivity contribution is -0.136. The van der Waals surface area contributed by atoms with Crippen LogP contribution < -0.4 is 14.8 Å². The van der Waals surface area contributed by atoms with Crippen LogP contribution in [-0.4, -0.2) is 44.0 Å². The van der Waals surface area contributed by atoms with Crippen molar-refractivity contribution in [3.05, 3.63) is 23.8 Å². The Labute approximate surface area is 172 Å². The predicted octanol–water partition coefficient (Wildman–Crippen LogP) is 3.08. The lowest BCUT2D eigenvalue weighted by atomic mass is 9.59. The number of amides is 1. The highest BCUT2D eigenvalue weighted by Gasteiger charge is 2.68. The van der Waals surface area contributed by atoms with Gasteiger partial charge in [0.05, 0.1) is 19.8 Å².